The third-order valence-corrected chi connectivity index (χ3v) is 10.1. The van der Waals surface area contributed by atoms with Gasteiger partial charge in [-0.1, -0.05) is 35.9 Å². The molecule has 7 heteroatoms. The van der Waals surface area contributed by atoms with E-state index in [0.717, 1.165) is 42.4 Å². The average Bonchev–Trinajstić information content (AvgIpc) is 3.01. The first-order valence-electron chi connectivity index (χ1n) is 10.1. The summed E-state index contributed by atoms with van der Waals surface area (Å²) in [5, 5.41) is 2.25. The monoisotopic (exact) mass is 433 g/mol. The fraction of sp³-hybridized carbons (Fsp3) is 0.455. The third-order valence-electron chi connectivity index (χ3n) is 6.00. The van der Waals surface area contributed by atoms with Gasteiger partial charge in [-0.2, -0.15) is 0 Å². The molecule has 1 fully saturated rings. The van der Waals surface area contributed by atoms with Crippen molar-refractivity contribution in [1.29, 1.82) is 0 Å². The van der Waals surface area contributed by atoms with Gasteiger partial charge in [-0.05, 0) is 61.4 Å². The zero-order valence-electron chi connectivity index (χ0n) is 16.6. The van der Waals surface area contributed by atoms with Gasteiger partial charge in [0.05, 0.1) is 21.7 Å². The van der Waals surface area contributed by atoms with Crippen LogP contribution in [-0.4, -0.2) is 39.6 Å². The minimum atomic E-state index is -3.75. The van der Waals surface area contributed by atoms with Crippen LogP contribution >= 0.6 is 0 Å². The number of hydrogen-bond donors (Lipinski definition) is 1. The quantitative estimate of drug-likeness (QED) is 0.784. The molecule has 1 aliphatic carbocycles. The van der Waals surface area contributed by atoms with Crippen molar-refractivity contribution in [3.05, 3.63) is 64.7 Å². The summed E-state index contributed by atoms with van der Waals surface area (Å²) in [6, 6.07) is 12.6. The lowest BCUT2D eigenvalue weighted by Gasteiger charge is -2.22. The highest BCUT2D eigenvalue weighted by atomic mass is 32.2. The van der Waals surface area contributed by atoms with E-state index in [1.165, 1.54) is 5.56 Å². The van der Waals surface area contributed by atoms with Crippen LogP contribution in [0, 0.1) is 6.92 Å². The van der Waals surface area contributed by atoms with Gasteiger partial charge in [-0.3, -0.25) is 0 Å². The van der Waals surface area contributed by atoms with Crippen molar-refractivity contribution in [3.8, 4) is 0 Å². The van der Waals surface area contributed by atoms with Gasteiger partial charge in [0, 0.05) is 12.6 Å². The summed E-state index contributed by atoms with van der Waals surface area (Å²) < 4.78 is 51.4. The van der Waals surface area contributed by atoms with Gasteiger partial charge >= 0.3 is 0 Å². The topological polar surface area (TPSA) is 80.3 Å². The predicted octanol–water partition coefficient (Wildman–Crippen LogP) is 2.60. The Morgan fingerprint density at radius 2 is 1.76 bits per heavy atom. The first kappa shape index (κ1) is 20.6. The number of benzene rings is 2. The van der Waals surface area contributed by atoms with E-state index < -0.39 is 31.0 Å². The molecule has 5 nitrogen and oxygen atoms in total. The van der Waals surface area contributed by atoms with Crippen molar-refractivity contribution in [2.24, 2.45) is 0 Å². The second-order valence-corrected chi connectivity index (χ2v) is 12.6. The van der Waals surface area contributed by atoms with Crippen LogP contribution in [-0.2, 0) is 39.1 Å². The molecule has 0 spiro atoms. The van der Waals surface area contributed by atoms with E-state index in [2.05, 4.69) is 5.32 Å². The molecule has 156 valence electrons. The molecular formula is C22H27NO4S2. The molecule has 0 amide bonds. The van der Waals surface area contributed by atoms with Crippen LogP contribution < -0.4 is 5.32 Å². The minimum Gasteiger partial charge on any atom is -0.308 e. The smallest absolute Gasteiger partial charge is 0.183 e. The van der Waals surface area contributed by atoms with E-state index in [4.69, 9.17) is 0 Å². The molecule has 4 rings (SSSR count). The van der Waals surface area contributed by atoms with E-state index in [1.807, 2.05) is 37.3 Å². The molecule has 0 unspecified atom stereocenters. The van der Waals surface area contributed by atoms with E-state index in [9.17, 15) is 16.8 Å². The molecule has 2 aromatic carbocycles. The van der Waals surface area contributed by atoms with Crippen molar-refractivity contribution in [2.75, 3.05) is 11.5 Å². The highest BCUT2D eigenvalue weighted by Gasteiger charge is 2.45. The van der Waals surface area contributed by atoms with Crippen LogP contribution in [0.4, 0.5) is 0 Å². The number of sulfone groups is 2. The lowest BCUT2D eigenvalue weighted by Crippen LogP contribution is -2.43. The Hall–Kier alpha value is -1.70. The number of hydrogen-bond acceptors (Lipinski definition) is 5. The normalized spacial score (nSPS) is 23.6. The molecule has 29 heavy (non-hydrogen) atoms. The van der Waals surface area contributed by atoms with Gasteiger partial charge in [-0.25, -0.2) is 16.8 Å². The van der Waals surface area contributed by atoms with Gasteiger partial charge in [0.1, 0.15) is 0 Å². The fourth-order valence-corrected chi connectivity index (χ4v) is 9.21. The number of nitrogens with one attached hydrogen (secondary N) is 1. The Morgan fingerprint density at radius 3 is 2.52 bits per heavy atom. The Labute approximate surface area is 173 Å². The van der Waals surface area contributed by atoms with Crippen molar-refractivity contribution >= 4 is 19.7 Å². The maximum atomic E-state index is 13.4. The van der Waals surface area contributed by atoms with Gasteiger partial charge in [0.2, 0.25) is 0 Å². The first-order chi connectivity index (χ1) is 13.7. The molecule has 0 radical (unpaired) electrons. The van der Waals surface area contributed by atoms with Crippen LogP contribution in [0.15, 0.2) is 47.4 Å². The standard InChI is InChI=1S/C22H27NO4S2/c1-16-5-4-6-17(11-16)13-23-21-14-28(24,25)15-22(21)29(26,27)20-10-9-18-7-2-3-8-19(18)12-20/h4-6,9-12,21-23H,2-3,7-8,13-15H2,1H3/t21-,22-/m0/s1. The number of rotatable bonds is 5. The molecule has 1 heterocycles. The fourth-order valence-electron chi connectivity index (χ4n) is 4.44. The van der Waals surface area contributed by atoms with E-state index in [-0.39, 0.29) is 16.4 Å². The zero-order chi connectivity index (χ0) is 20.6. The van der Waals surface area contributed by atoms with Crippen LogP contribution in [0.1, 0.15) is 35.1 Å². The van der Waals surface area contributed by atoms with Crippen LogP contribution in [0.5, 0.6) is 0 Å². The average molecular weight is 434 g/mol. The zero-order valence-corrected chi connectivity index (χ0v) is 18.2. The summed E-state index contributed by atoms with van der Waals surface area (Å²) in [4.78, 5) is 0.252. The first-order valence-corrected chi connectivity index (χ1v) is 13.5. The summed E-state index contributed by atoms with van der Waals surface area (Å²) in [5.74, 6) is -0.467. The summed E-state index contributed by atoms with van der Waals surface area (Å²) in [5.41, 5.74) is 4.42. The van der Waals surface area contributed by atoms with Crippen LogP contribution in [0.2, 0.25) is 0 Å². The summed E-state index contributed by atoms with van der Waals surface area (Å²) in [6.07, 6.45) is 4.06. The molecule has 1 saturated heterocycles. The van der Waals surface area contributed by atoms with Crippen molar-refractivity contribution in [1.82, 2.24) is 5.32 Å². The highest BCUT2D eigenvalue weighted by molar-refractivity contribution is 7.96. The van der Waals surface area contributed by atoms with Gasteiger partial charge in [0.15, 0.2) is 19.7 Å². The molecule has 2 aliphatic rings. The Kier molecular flexibility index (Phi) is 5.57. The lowest BCUT2D eigenvalue weighted by molar-refractivity contribution is 0.525. The van der Waals surface area contributed by atoms with Gasteiger partial charge in [-0.15, -0.1) is 0 Å². The number of aryl methyl sites for hydroxylation is 3. The molecule has 1 aliphatic heterocycles. The molecule has 0 saturated carbocycles. The highest BCUT2D eigenvalue weighted by Crippen LogP contribution is 2.30. The largest absolute Gasteiger partial charge is 0.308 e. The summed E-state index contributed by atoms with van der Waals surface area (Å²) >= 11 is 0. The molecule has 2 atom stereocenters. The summed E-state index contributed by atoms with van der Waals surface area (Å²) in [7, 11) is -7.15. The Balaban J connectivity index is 1.60. The molecule has 0 bridgehead atoms. The molecular weight excluding hydrogens is 406 g/mol. The summed E-state index contributed by atoms with van der Waals surface area (Å²) in [6.45, 7) is 2.44. The molecule has 0 aromatic heterocycles. The SMILES string of the molecule is Cc1cccc(CN[C@H]2CS(=O)(=O)C[C@@H]2S(=O)(=O)c2ccc3c(c2)CCCC3)c1. The van der Waals surface area contributed by atoms with Crippen LogP contribution in [0.25, 0.3) is 0 Å². The second kappa shape index (κ2) is 7.85. The van der Waals surface area contributed by atoms with E-state index >= 15 is 0 Å². The Bertz CT molecular complexity index is 1120. The second-order valence-electron chi connectivity index (χ2n) is 8.27. The molecule has 1 N–H and O–H groups in total. The van der Waals surface area contributed by atoms with Gasteiger partial charge < -0.3 is 5.32 Å². The number of fused-ring (bicyclic) bond motifs is 1. The molecule has 2 aromatic rings. The predicted molar refractivity (Wildman–Crippen MR) is 115 cm³/mol. The van der Waals surface area contributed by atoms with E-state index in [0.29, 0.717) is 6.54 Å². The van der Waals surface area contributed by atoms with Crippen molar-refractivity contribution in [3.63, 3.8) is 0 Å². The van der Waals surface area contributed by atoms with Crippen molar-refractivity contribution in [2.45, 2.75) is 55.3 Å². The van der Waals surface area contributed by atoms with Crippen LogP contribution in [0.3, 0.4) is 0 Å². The van der Waals surface area contributed by atoms with E-state index in [1.54, 1.807) is 12.1 Å². The third kappa shape index (κ3) is 4.42. The lowest BCUT2D eigenvalue weighted by atomic mass is 9.92. The maximum absolute atomic E-state index is 13.4. The minimum absolute atomic E-state index is 0.145. The Morgan fingerprint density at radius 1 is 1.00 bits per heavy atom. The van der Waals surface area contributed by atoms with Gasteiger partial charge in [0.25, 0.3) is 0 Å². The van der Waals surface area contributed by atoms with Crippen molar-refractivity contribution < 1.29 is 16.8 Å². The maximum Gasteiger partial charge on any atom is 0.183 e.